The van der Waals surface area contributed by atoms with Crippen LogP contribution in [0.15, 0.2) is 63.9 Å². The van der Waals surface area contributed by atoms with Gasteiger partial charge in [-0.1, -0.05) is 46.3 Å². The quantitative estimate of drug-likeness (QED) is 0.316. The maximum Gasteiger partial charge on any atom is 0.251 e. The van der Waals surface area contributed by atoms with E-state index >= 15 is 0 Å². The summed E-state index contributed by atoms with van der Waals surface area (Å²) in [4.78, 5) is 28.7. The largest absolute Gasteiger partial charge is 0.337 e. The van der Waals surface area contributed by atoms with E-state index in [1.807, 2.05) is 57.2 Å². The van der Waals surface area contributed by atoms with Crippen molar-refractivity contribution in [2.24, 2.45) is 0 Å². The molecule has 2 heterocycles. The number of rotatable bonds is 6. The molecule has 0 fully saturated rings. The van der Waals surface area contributed by atoms with Crippen molar-refractivity contribution in [3.05, 3.63) is 103 Å². The van der Waals surface area contributed by atoms with Crippen LogP contribution in [-0.4, -0.2) is 15.3 Å². The Morgan fingerprint density at radius 3 is 2.53 bits per heavy atom. The first kappa shape index (κ1) is 22.3. The van der Waals surface area contributed by atoms with E-state index in [0.717, 1.165) is 37.9 Å². The van der Waals surface area contributed by atoms with E-state index in [9.17, 15) is 9.59 Å². The van der Waals surface area contributed by atoms with Gasteiger partial charge in [0, 0.05) is 44.3 Å². The minimum Gasteiger partial charge on any atom is -0.337 e. The van der Waals surface area contributed by atoms with Gasteiger partial charge in [-0.3, -0.25) is 9.59 Å². The molecule has 0 aliphatic rings. The molecule has 5 heteroatoms. The fourth-order valence-corrected chi connectivity index (χ4v) is 5.13. The number of aromatic nitrogens is 2. The van der Waals surface area contributed by atoms with Gasteiger partial charge < -0.3 is 9.55 Å². The zero-order chi connectivity index (χ0) is 23.0. The molecular formula is C27H27BrN2O2. The third-order valence-electron chi connectivity index (χ3n) is 6.25. The maximum absolute atomic E-state index is 13.4. The number of Topliss-reactive ketones (excluding diaryl/α,β-unsaturated/α-hetero) is 1. The molecule has 164 valence electrons. The average Bonchev–Trinajstić information content (AvgIpc) is 3.04. The number of para-hydroxylation sites is 1. The average molecular weight is 491 g/mol. The first-order valence-electron chi connectivity index (χ1n) is 10.9. The summed E-state index contributed by atoms with van der Waals surface area (Å²) in [5.74, 6) is 0.0678. The molecular weight excluding hydrogens is 464 g/mol. The first-order valence-corrected chi connectivity index (χ1v) is 11.6. The number of ketones is 1. The topological polar surface area (TPSA) is 54.9 Å². The third-order valence-corrected chi connectivity index (χ3v) is 6.74. The van der Waals surface area contributed by atoms with Gasteiger partial charge in [-0.2, -0.15) is 0 Å². The highest BCUT2D eigenvalue weighted by molar-refractivity contribution is 9.10. The van der Waals surface area contributed by atoms with E-state index in [0.29, 0.717) is 18.4 Å². The second-order valence-corrected chi connectivity index (χ2v) is 9.36. The lowest BCUT2D eigenvalue weighted by Crippen LogP contribution is -2.17. The van der Waals surface area contributed by atoms with Crippen LogP contribution in [0.1, 0.15) is 57.8 Å². The summed E-state index contributed by atoms with van der Waals surface area (Å²) in [6.45, 7) is 7.98. The fraction of sp³-hybridized carbons (Fsp3) is 0.259. The number of hydrogen-bond donors (Lipinski definition) is 1. The monoisotopic (exact) mass is 490 g/mol. The molecule has 0 saturated carbocycles. The highest BCUT2D eigenvalue weighted by Gasteiger charge is 2.23. The number of benzene rings is 2. The van der Waals surface area contributed by atoms with Crippen molar-refractivity contribution in [2.45, 2.75) is 46.6 Å². The summed E-state index contributed by atoms with van der Waals surface area (Å²) in [7, 11) is 0. The van der Waals surface area contributed by atoms with Crippen molar-refractivity contribution in [2.75, 3.05) is 0 Å². The smallest absolute Gasteiger partial charge is 0.251 e. The normalized spacial score (nSPS) is 12.3. The van der Waals surface area contributed by atoms with E-state index in [4.69, 9.17) is 0 Å². The molecule has 32 heavy (non-hydrogen) atoms. The number of nitrogens with zero attached hydrogens (tertiary/aromatic N) is 1. The van der Waals surface area contributed by atoms with Gasteiger partial charge in [0.1, 0.15) is 0 Å². The number of aryl methyl sites for hydroxylation is 2. The van der Waals surface area contributed by atoms with Crippen LogP contribution < -0.4 is 5.56 Å². The van der Waals surface area contributed by atoms with Crippen LogP contribution in [0.5, 0.6) is 0 Å². The molecule has 2 aromatic carbocycles. The standard InChI is InChI=1S/C27H27BrN2O2/c1-16-14-17(2)29-27(32)22(16)12-13-25(31)26-19(4)30(24-11-6-5-10-23(24)26)18(3)20-8-7-9-21(28)15-20/h5-11,14-15,18H,12-13H2,1-4H3,(H,29,32). The molecule has 0 amide bonds. The Morgan fingerprint density at radius 1 is 1.06 bits per heavy atom. The minimum atomic E-state index is -0.0993. The van der Waals surface area contributed by atoms with Gasteiger partial charge in [0.05, 0.1) is 6.04 Å². The Hall–Kier alpha value is -2.92. The lowest BCUT2D eigenvalue weighted by atomic mass is 9.99. The Kier molecular flexibility index (Phi) is 6.20. The number of nitrogens with one attached hydrogen (secondary N) is 1. The Bertz CT molecular complexity index is 1380. The predicted molar refractivity (Wildman–Crippen MR) is 134 cm³/mol. The van der Waals surface area contributed by atoms with Crippen molar-refractivity contribution >= 4 is 32.6 Å². The van der Waals surface area contributed by atoms with E-state index in [1.165, 1.54) is 5.56 Å². The summed E-state index contributed by atoms with van der Waals surface area (Å²) in [5, 5.41) is 0.964. The molecule has 2 aromatic heterocycles. The second-order valence-electron chi connectivity index (χ2n) is 8.44. The first-order chi connectivity index (χ1) is 15.3. The van der Waals surface area contributed by atoms with Gasteiger partial charge in [-0.05, 0) is 69.5 Å². The highest BCUT2D eigenvalue weighted by atomic mass is 79.9. The number of aromatic amines is 1. The second kappa shape index (κ2) is 8.91. The van der Waals surface area contributed by atoms with Gasteiger partial charge in [0.15, 0.2) is 5.78 Å². The molecule has 1 N–H and O–H groups in total. The zero-order valence-corrected chi connectivity index (χ0v) is 20.4. The molecule has 4 rings (SSSR count). The number of carbonyl (C=O) groups excluding carboxylic acids is 1. The number of H-pyrrole nitrogens is 1. The molecule has 4 aromatic rings. The Labute approximate surface area is 196 Å². The summed E-state index contributed by atoms with van der Waals surface area (Å²) in [6.07, 6.45) is 0.730. The minimum absolute atomic E-state index is 0.0678. The number of halogens is 1. The molecule has 4 nitrogen and oxygen atoms in total. The van der Waals surface area contributed by atoms with Crippen molar-refractivity contribution < 1.29 is 4.79 Å². The number of hydrogen-bond acceptors (Lipinski definition) is 2. The van der Waals surface area contributed by atoms with Crippen LogP contribution >= 0.6 is 15.9 Å². The van der Waals surface area contributed by atoms with Crippen molar-refractivity contribution in [1.29, 1.82) is 0 Å². The molecule has 1 unspecified atom stereocenters. The molecule has 0 bridgehead atoms. The van der Waals surface area contributed by atoms with Crippen LogP contribution in [0, 0.1) is 20.8 Å². The third kappa shape index (κ3) is 4.09. The lowest BCUT2D eigenvalue weighted by Gasteiger charge is -2.19. The van der Waals surface area contributed by atoms with E-state index in [2.05, 4.69) is 50.6 Å². The van der Waals surface area contributed by atoms with Crippen LogP contribution in [0.25, 0.3) is 10.9 Å². The summed E-state index contributed by atoms with van der Waals surface area (Å²) in [6, 6.07) is 18.4. The van der Waals surface area contributed by atoms with Crippen LogP contribution in [0.2, 0.25) is 0 Å². The molecule has 0 saturated heterocycles. The van der Waals surface area contributed by atoms with Crippen LogP contribution in [-0.2, 0) is 6.42 Å². The highest BCUT2D eigenvalue weighted by Crippen LogP contribution is 2.33. The van der Waals surface area contributed by atoms with Gasteiger partial charge in [0.25, 0.3) is 5.56 Å². The Balaban J connectivity index is 1.73. The maximum atomic E-state index is 13.4. The predicted octanol–water partition coefficient (Wildman–Crippen LogP) is 6.44. The summed E-state index contributed by atoms with van der Waals surface area (Å²) >= 11 is 3.57. The van der Waals surface area contributed by atoms with Gasteiger partial charge in [-0.25, -0.2) is 0 Å². The molecule has 0 aliphatic carbocycles. The summed E-state index contributed by atoms with van der Waals surface area (Å²) in [5.41, 5.74) is 6.28. The van der Waals surface area contributed by atoms with Gasteiger partial charge in [0.2, 0.25) is 0 Å². The summed E-state index contributed by atoms with van der Waals surface area (Å²) < 4.78 is 3.28. The van der Waals surface area contributed by atoms with E-state index in [1.54, 1.807) is 0 Å². The van der Waals surface area contributed by atoms with E-state index < -0.39 is 0 Å². The molecule has 0 radical (unpaired) electrons. The molecule has 0 aliphatic heterocycles. The van der Waals surface area contributed by atoms with Crippen LogP contribution in [0.4, 0.5) is 0 Å². The number of pyridine rings is 1. The SMILES string of the molecule is Cc1cc(C)c(CCC(=O)c2c(C)n(C(C)c3cccc(Br)c3)c3ccccc23)c(=O)[nH]1. The van der Waals surface area contributed by atoms with Crippen molar-refractivity contribution in [3.63, 3.8) is 0 Å². The molecule has 0 spiro atoms. The van der Waals surface area contributed by atoms with Gasteiger partial charge >= 0.3 is 0 Å². The van der Waals surface area contributed by atoms with Crippen molar-refractivity contribution in [3.8, 4) is 0 Å². The zero-order valence-electron chi connectivity index (χ0n) is 18.8. The van der Waals surface area contributed by atoms with Gasteiger partial charge in [-0.15, -0.1) is 0 Å². The van der Waals surface area contributed by atoms with Crippen molar-refractivity contribution in [1.82, 2.24) is 9.55 Å². The Morgan fingerprint density at radius 2 is 1.81 bits per heavy atom. The fourth-order valence-electron chi connectivity index (χ4n) is 4.71. The lowest BCUT2D eigenvalue weighted by molar-refractivity contribution is 0.0983. The van der Waals surface area contributed by atoms with E-state index in [-0.39, 0.29) is 17.4 Å². The van der Waals surface area contributed by atoms with Crippen LogP contribution in [0.3, 0.4) is 0 Å². The molecule has 1 atom stereocenters. The number of carbonyl (C=O) groups is 1. The number of fused-ring (bicyclic) bond motifs is 1.